The summed E-state index contributed by atoms with van der Waals surface area (Å²) in [5, 5.41) is 18.7. The summed E-state index contributed by atoms with van der Waals surface area (Å²) in [5.74, 6) is 0.704. The number of thioether (sulfide) groups is 1. The van der Waals surface area contributed by atoms with Crippen molar-refractivity contribution in [2.24, 2.45) is 0 Å². The van der Waals surface area contributed by atoms with E-state index in [2.05, 4.69) is 9.51 Å². The van der Waals surface area contributed by atoms with Gasteiger partial charge in [-0.05, 0) is 0 Å². The van der Waals surface area contributed by atoms with Crippen LogP contribution in [-0.4, -0.2) is 60.7 Å². The van der Waals surface area contributed by atoms with E-state index >= 15 is 0 Å². The van der Waals surface area contributed by atoms with Crippen molar-refractivity contribution in [2.45, 2.75) is 30.6 Å². The SMILES string of the molecule is O=c1[nH]c(=O)n([C@H]2C[C@H](O)[C@@H](COP(=O)(O)O)O2)cc1CSCCO. The number of ether oxygens (including phenoxy) is 1. The second-order valence-electron chi connectivity index (χ2n) is 5.32. The lowest BCUT2D eigenvalue weighted by Crippen LogP contribution is -2.34. The zero-order valence-corrected chi connectivity index (χ0v) is 14.7. The van der Waals surface area contributed by atoms with Crippen LogP contribution in [0, 0.1) is 0 Å². The van der Waals surface area contributed by atoms with Crippen LogP contribution in [-0.2, 0) is 19.6 Å². The van der Waals surface area contributed by atoms with E-state index in [1.165, 1.54) is 18.0 Å². The van der Waals surface area contributed by atoms with Crippen molar-refractivity contribution in [1.82, 2.24) is 9.55 Å². The molecule has 2 heterocycles. The minimum atomic E-state index is -4.71. The molecule has 0 bridgehead atoms. The lowest BCUT2D eigenvalue weighted by Gasteiger charge is -2.17. The van der Waals surface area contributed by atoms with Crippen molar-refractivity contribution in [3.8, 4) is 0 Å². The summed E-state index contributed by atoms with van der Waals surface area (Å²) in [7, 11) is -4.71. The standard InChI is InChI=1S/C12H19N2O9PS/c15-1-2-25-6-7-4-14(12(18)13-11(7)17)10-3-8(16)9(23-10)5-22-24(19,20)21/h4,8-10,15-16H,1-3,5-6H2,(H,13,17,18)(H2,19,20,21)/t8-,9+,10+/m0/s1. The molecule has 0 spiro atoms. The van der Waals surface area contributed by atoms with Crippen molar-refractivity contribution in [2.75, 3.05) is 19.0 Å². The Morgan fingerprint density at radius 1 is 1.44 bits per heavy atom. The summed E-state index contributed by atoms with van der Waals surface area (Å²) in [5.41, 5.74) is -0.979. The van der Waals surface area contributed by atoms with Gasteiger partial charge in [0.2, 0.25) is 0 Å². The molecule has 1 fully saturated rings. The fourth-order valence-electron chi connectivity index (χ4n) is 2.30. The molecule has 0 radical (unpaired) electrons. The lowest BCUT2D eigenvalue weighted by atomic mass is 10.2. The third-order valence-corrected chi connectivity index (χ3v) is 4.93. The van der Waals surface area contributed by atoms with Crippen LogP contribution in [0.4, 0.5) is 0 Å². The van der Waals surface area contributed by atoms with Crippen molar-refractivity contribution in [3.05, 3.63) is 32.6 Å². The number of hydrogen-bond acceptors (Lipinski definition) is 8. The molecule has 1 saturated heterocycles. The molecular weight excluding hydrogens is 379 g/mol. The maximum Gasteiger partial charge on any atom is 0.469 e. The normalized spacial score (nSPS) is 23.9. The smallest absolute Gasteiger partial charge is 0.396 e. The van der Waals surface area contributed by atoms with Crippen LogP contribution in [0.3, 0.4) is 0 Å². The second kappa shape index (κ2) is 8.60. The number of rotatable bonds is 8. The maximum atomic E-state index is 12.0. The number of phosphoric acid groups is 1. The Morgan fingerprint density at radius 2 is 2.16 bits per heavy atom. The molecule has 3 atom stereocenters. The average molecular weight is 398 g/mol. The number of nitrogens with zero attached hydrogens (tertiary/aromatic N) is 1. The minimum Gasteiger partial charge on any atom is -0.396 e. The second-order valence-corrected chi connectivity index (χ2v) is 7.66. The number of aliphatic hydroxyl groups excluding tert-OH is 2. The van der Waals surface area contributed by atoms with Gasteiger partial charge in [0.25, 0.3) is 5.56 Å². The molecule has 1 aromatic rings. The molecule has 25 heavy (non-hydrogen) atoms. The Bertz CT molecular complexity index is 745. The largest absolute Gasteiger partial charge is 0.469 e. The van der Waals surface area contributed by atoms with E-state index in [-0.39, 0.29) is 18.8 Å². The van der Waals surface area contributed by atoms with Crippen molar-refractivity contribution in [1.29, 1.82) is 0 Å². The van der Waals surface area contributed by atoms with Crippen LogP contribution in [0.1, 0.15) is 18.2 Å². The third-order valence-electron chi connectivity index (χ3n) is 3.46. The summed E-state index contributed by atoms with van der Waals surface area (Å²) in [6, 6.07) is 0. The molecule has 2 rings (SSSR count). The van der Waals surface area contributed by atoms with E-state index in [0.29, 0.717) is 11.3 Å². The first-order chi connectivity index (χ1) is 11.7. The molecule has 0 amide bonds. The summed E-state index contributed by atoms with van der Waals surface area (Å²) >= 11 is 1.31. The van der Waals surface area contributed by atoms with Crippen LogP contribution >= 0.6 is 19.6 Å². The molecule has 11 nitrogen and oxygen atoms in total. The number of aromatic amines is 1. The highest BCUT2D eigenvalue weighted by Gasteiger charge is 2.37. The number of phosphoric ester groups is 1. The number of aliphatic hydroxyl groups is 2. The Kier molecular flexibility index (Phi) is 7.00. The molecule has 1 aromatic heterocycles. The molecule has 0 aromatic carbocycles. The number of hydrogen-bond donors (Lipinski definition) is 5. The van der Waals surface area contributed by atoms with Crippen LogP contribution in [0.15, 0.2) is 15.8 Å². The average Bonchev–Trinajstić information content (AvgIpc) is 2.87. The number of aromatic nitrogens is 2. The van der Waals surface area contributed by atoms with E-state index in [9.17, 15) is 19.3 Å². The zero-order valence-electron chi connectivity index (χ0n) is 13.0. The molecule has 0 saturated carbocycles. The predicted molar refractivity (Wildman–Crippen MR) is 87.1 cm³/mol. The fourth-order valence-corrected chi connectivity index (χ4v) is 3.34. The van der Waals surface area contributed by atoms with Gasteiger partial charge in [-0.25, -0.2) is 9.36 Å². The number of nitrogens with one attached hydrogen (secondary N) is 1. The molecule has 5 N–H and O–H groups in total. The molecular formula is C12H19N2O9PS. The molecule has 0 unspecified atom stereocenters. The van der Waals surface area contributed by atoms with Gasteiger partial charge >= 0.3 is 13.5 Å². The monoisotopic (exact) mass is 398 g/mol. The Balaban J connectivity index is 2.13. The molecule has 0 aliphatic carbocycles. The summed E-state index contributed by atoms with van der Waals surface area (Å²) in [6.07, 6.45) is -1.72. The van der Waals surface area contributed by atoms with Crippen molar-refractivity contribution < 1.29 is 33.8 Å². The maximum absolute atomic E-state index is 12.0. The third kappa shape index (κ3) is 5.76. The van der Waals surface area contributed by atoms with Gasteiger partial charge < -0.3 is 24.7 Å². The highest BCUT2D eigenvalue weighted by molar-refractivity contribution is 7.98. The van der Waals surface area contributed by atoms with Crippen LogP contribution in [0.5, 0.6) is 0 Å². The Labute approximate surface area is 145 Å². The van der Waals surface area contributed by atoms with Crippen molar-refractivity contribution in [3.63, 3.8) is 0 Å². The topological polar surface area (TPSA) is 171 Å². The highest BCUT2D eigenvalue weighted by Crippen LogP contribution is 2.38. The van der Waals surface area contributed by atoms with E-state index in [1.807, 2.05) is 0 Å². The summed E-state index contributed by atoms with van der Waals surface area (Å²) < 4.78 is 21.6. The Hall–Kier alpha value is -0.980. The van der Waals surface area contributed by atoms with Gasteiger partial charge in [0.15, 0.2) is 0 Å². The zero-order chi connectivity index (χ0) is 18.6. The minimum absolute atomic E-state index is 0.00956. The first-order valence-corrected chi connectivity index (χ1v) is 9.96. The first kappa shape index (κ1) is 20.3. The summed E-state index contributed by atoms with van der Waals surface area (Å²) in [6.45, 7) is -0.583. The first-order valence-electron chi connectivity index (χ1n) is 7.28. The molecule has 1 aliphatic heterocycles. The molecule has 142 valence electrons. The van der Waals surface area contributed by atoms with Gasteiger partial charge in [-0.3, -0.25) is 18.9 Å². The van der Waals surface area contributed by atoms with Crippen molar-refractivity contribution >= 4 is 19.6 Å². The number of H-pyrrole nitrogens is 1. The van der Waals surface area contributed by atoms with Gasteiger partial charge in [0.1, 0.15) is 12.3 Å². The van der Waals surface area contributed by atoms with E-state index in [4.69, 9.17) is 19.6 Å². The van der Waals surface area contributed by atoms with Crippen LogP contribution < -0.4 is 11.2 Å². The van der Waals surface area contributed by atoms with Gasteiger partial charge in [0, 0.05) is 29.7 Å². The molecule has 1 aliphatic rings. The van der Waals surface area contributed by atoms with Gasteiger partial charge in [-0.15, -0.1) is 0 Å². The predicted octanol–water partition coefficient (Wildman–Crippen LogP) is -1.48. The fraction of sp³-hybridized carbons (Fsp3) is 0.667. The Morgan fingerprint density at radius 3 is 2.80 bits per heavy atom. The quantitative estimate of drug-likeness (QED) is 0.257. The van der Waals surface area contributed by atoms with Crippen LogP contribution in [0.2, 0.25) is 0 Å². The molecule has 13 heteroatoms. The van der Waals surface area contributed by atoms with E-state index < -0.39 is 44.1 Å². The van der Waals surface area contributed by atoms with Crippen LogP contribution in [0.25, 0.3) is 0 Å². The van der Waals surface area contributed by atoms with E-state index in [0.717, 1.165) is 4.57 Å². The lowest BCUT2D eigenvalue weighted by molar-refractivity contribution is -0.0451. The van der Waals surface area contributed by atoms with E-state index in [1.54, 1.807) is 0 Å². The summed E-state index contributed by atoms with van der Waals surface area (Å²) in [4.78, 5) is 43.3. The van der Waals surface area contributed by atoms with Gasteiger partial charge in [-0.1, -0.05) is 0 Å². The van der Waals surface area contributed by atoms with Gasteiger partial charge in [-0.2, -0.15) is 11.8 Å². The van der Waals surface area contributed by atoms with Gasteiger partial charge in [0.05, 0.1) is 19.3 Å². The highest BCUT2D eigenvalue weighted by atomic mass is 32.2.